The van der Waals surface area contributed by atoms with Crippen molar-refractivity contribution >= 4 is 31.6 Å². The summed E-state index contributed by atoms with van der Waals surface area (Å²) < 4.78 is 35.6. The van der Waals surface area contributed by atoms with Crippen LogP contribution >= 0.6 is 15.9 Å². The van der Waals surface area contributed by atoms with E-state index in [0.29, 0.717) is 18.0 Å². The van der Waals surface area contributed by atoms with E-state index in [-0.39, 0.29) is 12.2 Å². The van der Waals surface area contributed by atoms with Gasteiger partial charge in [-0.2, -0.15) is 8.42 Å². The molecule has 0 unspecified atom stereocenters. The van der Waals surface area contributed by atoms with Gasteiger partial charge in [-0.25, -0.2) is 0 Å². The quantitative estimate of drug-likeness (QED) is 0.559. The Bertz CT molecular complexity index is 1160. The zero-order valence-corrected chi connectivity index (χ0v) is 18.2. The Kier molecular flexibility index (Phi) is 6.33. The number of nitrogens with zero attached hydrogens (tertiary/aromatic N) is 3. The van der Waals surface area contributed by atoms with Crippen LogP contribution in [-0.4, -0.2) is 29.8 Å². The molecule has 0 aliphatic heterocycles. The van der Waals surface area contributed by atoms with Crippen molar-refractivity contribution in [3.63, 3.8) is 0 Å². The van der Waals surface area contributed by atoms with E-state index >= 15 is 0 Å². The minimum absolute atomic E-state index is 0.0436. The van der Waals surface area contributed by atoms with E-state index in [1.165, 1.54) is 6.92 Å². The maximum atomic E-state index is 12.9. The van der Waals surface area contributed by atoms with Crippen molar-refractivity contribution in [2.24, 2.45) is 0 Å². The van der Waals surface area contributed by atoms with Crippen molar-refractivity contribution in [1.29, 1.82) is 0 Å². The average Bonchev–Trinajstić information content (AvgIpc) is 2.68. The van der Waals surface area contributed by atoms with Gasteiger partial charge in [-0.15, -0.1) is 10.2 Å². The Morgan fingerprint density at radius 1 is 1.07 bits per heavy atom. The Labute approximate surface area is 176 Å². The summed E-state index contributed by atoms with van der Waals surface area (Å²) in [5.41, 5.74) is 0.663. The molecule has 2 aromatic carbocycles. The molecule has 1 N–H and O–H groups in total. The largest absolute Gasteiger partial charge is 0.494 e. The second-order valence-corrected chi connectivity index (χ2v) is 8.64. The SMILES string of the molecule is CCOc1ccc(NS(=O)(=O)c2nnc(C)c(=O)n2Cc2ccc(Br)cc2)cc1. The highest BCUT2D eigenvalue weighted by Crippen LogP contribution is 2.19. The lowest BCUT2D eigenvalue weighted by Crippen LogP contribution is -2.32. The number of aryl methyl sites for hydroxylation is 1. The molecule has 0 radical (unpaired) electrons. The van der Waals surface area contributed by atoms with E-state index in [0.717, 1.165) is 14.6 Å². The van der Waals surface area contributed by atoms with E-state index in [2.05, 4.69) is 30.8 Å². The van der Waals surface area contributed by atoms with E-state index in [1.807, 2.05) is 19.1 Å². The van der Waals surface area contributed by atoms with Gasteiger partial charge in [0.2, 0.25) is 0 Å². The lowest BCUT2D eigenvalue weighted by atomic mass is 10.2. The fraction of sp³-hybridized carbons (Fsp3) is 0.211. The molecule has 152 valence electrons. The highest BCUT2D eigenvalue weighted by molar-refractivity contribution is 9.10. The number of rotatable bonds is 7. The van der Waals surface area contributed by atoms with E-state index in [4.69, 9.17) is 4.74 Å². The van der Waals surface area contributed by atoms with Gasteiger partial charge in [0.15, 0.2) is 0 Å². The van der Waals surface area contributed by atoms with Crippen molar-refractivity contribution in [3.05, 3.63) is 74.6 Å². The summed E-state index contributed by atoms with van der Waals surface area (Å²) in [6, 6.07) is 13.7. The van der Waals surface area contributed by atoms with Crippen molar-refractivity contribution in [2.75, 3.05) is 11.3 Å². The van der Waals surface area contributed by atoms with Crippen LogP contribution in [0.15, 0.2) is 63.0 Å². The van der Waals surface area contributed by atoms with Gasteiger partial charge in [0.25, 0.3) is 20.7 Å². The molecule has 0 bridgehead atoms. The minimum atomic E-state index is -4.15. The van der Waals surface area contributed by atoms with Crippen LogP contribution in [0.2, 0.25) is 0 Å². The molecule has 0 aliphatic carbocycles. The average molecular weight is 479 g/mol. The summed E-state index contributed by atoms with van der Waals surface area (Å²) in [4.78, 5) is 12.6. The number of aromatic nitrogens is 3. The summed E-state index contributed by atoms with van der Waals surface area (Å²) in [6.45, 7) is 3.90. The van der Waals surface area contributed by atoms with E-state index < -0.39 is 20.7 Å². The molecule has 1 aromatic heterocycles. The van der Waals surface area contributed by atoms with Crippen molar-refractivity contribution in [2.45, 2.75) is 25.5 Å². The maximum absolute atomic E-state index is 12.9. The second-order valence-electron chi connectivity index (χ2n) is 6.15. The Balaban J connectivity index is 1.96. The highest BCUT2D eigenvalue weighted by atomic mass is 79.9. The Morgan fingerprint density at radius 2 is 1.72 bits per heavy atom. The van der Waals surface area contributed by atoms with Crippen LogP contribution in [0.5, 0.6) is 5.75 Å². The number of halogens is 1. The molecule has 1 heterocycles. The monoisotopic (exact) mass is 478 g/mol. The number of benzene rings is 2. The molecular formula is C19H19BrN4O4S. The van der Waals surface area contributed by atoms with Crippen LogP contribution < -0.4 is 15.0 Å². The molecular weight excluding hydrogens is 460 g/mol. The van der Waals surface area contributed by atoms with Crippen LogP contribution in [0.25, 0.3) is 0 Å². The summed E-state index contributed by atoms with van der Waals surface area (Å²) >= 11 is 3.35. The molecule has 0 atom stereocenters. The van der Waals surface area contributed by atoms with Crippen LogP contribution in [0, 0.1) is 6.92 Å². The topological polar surface area (TPSA) is 103 Å². The molecule has 10 heteroatoms. The highest BCUT2D eigenvalue weighted by Gasteiger charge is 2.24. The molecule has 8 nitrogen and oxygen atoms in total. The first-order valence-corrected chi connectivity index (χ1v) is 11.0. The molecule has 0 saturated heterocycles. The first-order chi connectivity index (χ1) is 13.8. The molecule has 0 aliphatic rings. The minimum Gasteiger partial charge on any atom is -0.494 e. The van der Waals surface area contributed by atoms with Crippen molar-refractivity contribution < 1.29 is 13.2 Å². The van der Waals surface area contributed by atoms with E-state index in [9.17, 15) is 13.2 Å². The molecule has 0 amide bonds. The number of hydrogen-bond acceptors (Lipinski definition) is 6. The molecule has 29 heavy (non-hydrogen) atoms. The molecule has 3 rings (SSSR count). The molecule has 0 fully saturated rings. The maximum Gasteiger partial charge on any atom is 0.297 e. The van der Waals surface area contributed by atoms with Crippen LogP contribution in [0.4, 0.5) is 5.69 Å². The third-order valence-corrected chi connectivity index (χ3v) is 5.80. The van der Waals surface area contributed by atoms with Gasteiger partial charge in [0, 0.05) is 10.2 Å². The second kappa shape index (κ2) is 8.75. The molecule has 0 saturated carbocycles. The van der Waals surface area contributed by atoms with Gasteiger partial charge in [-0.3, -0.25) is 14.1 Å². The van der Waals surface area contributed by atoms with Crippen molar-refractivity contribution in [1.82, 2.24) is 14.8 Å². The third kappa shape index (κ3) is 5.01. The molecule has 0 spiro atoms. The standard InChI is InChI=1S/C19H19BrN4O4S/c1-3-28-17-10-8-16(9-11-17)23-29(26,27)19-22-21-13(2)18(25)24(19)12-14-4-6-15(20)7-5-14/h4-11,23H,3,12H2,1-2H3. The van der Waals surface area contributed by atoms with Crippen molar-refractivity contribution in [3.8, 4) is 5.75 Å². The van der Waals surface area contributed by atoms with Crippen LogP contribution in [-0.2, 0) is 16.6 Å². The van der Waals surface area contributed by atoms with Crippen LogP contribution in [0.1, 0.15) is 18.2 Å². The molecule has 3 aromatic rings. The number of anilines is 1. The predicted molar refractivity (Wildman–Crippen MR) is 113 cm³/mol. The summed E-state index contributed by atoms with van der Waals surface area (Å²) in [6.07, 6.45) is 0. The normalized spacial score (nSPS) is 11.3. The van der Waals surface area contributed by atoms with Gasteiger partial charge < -0.3 is 4.74 Å². The first kappa shape index (κ1) is 21.0. The fourth-order valence-electron chi connectivity index (χ4n) is 2.59. The van der Waals surface area contributed by atoms with Gasteiger partial charge in [0.05, 0.1) is 13.2 Å². The number of ether oxygens (including phenoxy) is 1. The van der Waals surface area contributed by atoms with E-state index in [1.54, 1.807) is 36.4 Å². The van der Waals surface area contributed by atoms with Gasteiger partial charge in [0.1, 0.15) is 11.4 Å². The summed E-state index contributed by atoms with van der Waals surface area (Å²) in [5.74, 6) is 0.623. The number of nitrogens with one attached hydrogen (secondary N) is 1. The predicted octanol–water partition coefficient (Wildman–Crippen LogP) is 2.96. The van der Waals surface area contributed by atoms with Gasteiger partial charge in [-0.05, 0) is 55.8 Å². The summed E-state index contributed by atoms with van der Waals surface area (Å²) in [5, 5.41) is 7.05. The Hall–Kier alpha value is -2.72. The lowest BCUT2D eigenvalue weighted by Gasteiger charge is -2.14. The number of sulfonamides is 1. The number of hydrogen-bond donors (Lipinski definition) is 1. The van der Waals surface area contributed by atoms with Gasteiger partial charge >= 0.3 is 0 Å². The third-order valence-electron chi connectivity index (χ3n) is 3.98. The van der Waals surface area contributed by atoms with Crippen LogP contribution in [0.3, 0.4) is 0 Å². The van der Waals surface area contributed by atoms with Gasteiger partial charge in [-0.1, -0.05) is 28.1 Å². The first-order valence-electron chi connectivity index (χ1n) is 8.74. The lowest BCUT2D eigenvalue weighted by molar-refractivity contribution is 0.340. The fourth-order valence-corrected chi connectivity index (χ4v) is 3.98. The summed E-state index contributed by atoms with van der Waals surface area (Å²) in [7, 11) is -4.15. The smallest absolute Gasteiger partial charge is 0.297 e. The zero-order valence-electron chi connectivity index (χ0n) is 15.8. The zero-order chi connectivity index (χ0) is 21.0. The Morgan fingerprint density at radius 3 is 2.34 bits per heavy atom.